The van der Waals surface area contributed by atoms with Gasteiger partial charge in [0.25, 0.3) is 0 Å². The van der Waals surface area contributed by atoms with Crippen LogP contribution in [0.3, 0.4) is 0 Å². The summed E-state index contributed by atoms with van der Waals surface area (Å²) in [6.45, 7) is 0.0982. The molecular weight excluding hydrogens is 356 g/mol. The van der Waals surface area contributed by atoms with E-state index in [9.17, 15) is 13.2 Å². The van der Waals surface area contributed by atoms with Crippen LogP contribution in [0.1, 0.15) is 16.8 Å². The van der Waals surface area contributed by atoms with Gasteiger partial charge in [-0.05, 0) is 12.1 Å². The van der Waals surface area contributed by atoms with Gasteiger partial charge in [-0.25, -0.2) is 0 Å². The number of benzene rings is 1. The van der Waals surface area contributed by atoms with Crippen LogP contribution < -0.4 is 5.32 Å². The van der Waals surface area contributed by atoms with Crippen molar-refractivity contribution in [3.05, 3.63) is 63.4 Å². The van der Waals surface area contributed by atoms with Crippen LogP contribution in [0.5, 0.6) is 0 Å². The molecule has 0 aliphatic carbocycles. The maximum absolute atomic E-state index is 12.5. The molecule has 0 atom stereocenters. The van der Waals surface area contributed by atoms with Gasteiger partial charge in [0.15, 0.2) is 0 Å². The highest BCUT2D eigenvalue weighted by Gasteiger charge is 2.31. The lowest BCUT2D eigenvalue weighted by Crippen LogP contribution is -2.23. The van der Waals surface area contributed by atoms with E-state index in [0.29, 0.717) is 15.6 Å². The van der Waals surface area contributed by atoms with E-state index >= 15 is 0 Å². The molecule has 22 heavy (non-hydrogen) atoms. The number of hydrogen-bond donors (Lipinski definition) is 1. The zero-order chi connectivity index (χ0) is 16.3. The van der Waals surface area contributed by atoms with Gasteiger partial charge in [-0.1, -0.05) is 53.6 Å². The number of halogens is 5. The predicted octanol–water partition coefficient (Wildman–Crippen LogP) is 4.87. The van der Waals surface area contributed by atoms with E-state index in [1.807, 2.05) is 0 Å². The van der Waals surface area contributed by atoms with E-state index in [0.717, 1.165) is 12.3 Å². The van der Waals surface area contributed by atoms with Gasteiger partial charge in [0.2, 0.25) is 0 Å². The van der Waals surface area contributed by atoms with Crippen LogP contribution >= 0.6 is 35.4 Å². The second-order valence-electron chi connectivity index (χ2n) is 4.31. The molecule has 0 unspecified atom stereocenters. The lowest BCUT2D eigenvalue weighted by Gasteiger charge is -2.12. The van der Waals surface area contributed by atoms with Crippen molar-refractivity contribution in [2.75, 3.05) is 0 Å². The number of pyridine rings is 1. The van der Waals surface area contributed by atoms with Crippen LogP contribution in [-0.2, 0) is 12.7 Å². The van der Waals surface area contributed by atoms with Gasteiger partial charge < -0.3 is 5.32 Å². The Labute approximate surface area is 140 Å². The standard InChI is InChI=1S/C14H9Cl2F3N2S/c15-10-4-2-1-3-9(10)13(22)21-7-12-11(16)5-8(6-20-12)14(17,18)19/h1-6H,7H2,(H,21,22). The molecule has 0 amide bonds. The Balaban J connectivity index is 2.09. The fourth-order valence-corrected chi connectivity index (χ4v) is 2.43. The van der Waals surface area contributed by atoms with Gasteiger partial charge in [-0.15, -0.1) is 0 Å². The van der Waals surface area contributed by atoms with Gasteiger partial charge in [0.1, 0.15) is 4.99 Å². The van der Waals surface area contributed by atoms with Crippen molar-refractivity contribution in [2.24, 2.45) is 0 Å². The fraction of sp³-hybridized carbons (Fsp3) is 0.143. The van der Waals surface area contributed by atoms with Gasteiger partial charge in [-0.2, -0.15) is 13.2 Å². The van der Waals surface area contributed by atoms with Crippen molar-refractivity contribution in [1.29, 1.82) is 0 Å². The third-order valence-corrected chi connectivity index (χ3v) is 3.80. The Bertz CT molecular complexity index is 705. The molecule has 0 fully saturated rings. The van der Waals surface area contributed by atoms with Gasteiger partial charge in [0, 0.05) is 11.8 Å². The minimum Gasteiger partial charge on any atom is -0.370 e. The number of hydrogen-bond acceptors (Lipinski definition) is 2. The lowest BCUT2D eigenvalue weighted by atomic mass is 10.2. The Hall–Kier alpha value is -1.37. The molecule has 116 valence electrons. The summed E-state index contributed by atoms with van der Waals surface area (Å²) >= 11 is 17.0. The molecule has 0 aliphatic rings. The second-order valence-corrected chi connectivity index (χ2v) is 5.54. The summed E-state index contributed by atoms with van der Waals surface area (Å²) < 4.78 is 37.6. The Morgan fingerprint density at radius 3 is 2.45 bits per heavy atom. The monoisotopic (exact) mass is 364 g/mol. The van der Waals surface area contributed by atoms with E-state index in [-0.39, 0.29) is 17.3 Å². The van der Waals surface area contributed by atoms with Crippen molar-refractivity contribution < 1.29 is 13.2 Å². The molecule has 1 heterocycles. The third kappa shape index (κ3) is 4.09. The average Bonchev–Trinajstić information content (AvgIpc) is 2.45. The van der Waals surface area contributed by atoms with E-state index in [4.69, 9.17) is 35.4 Å². The summed E-state index contributed by atoms with van der Waals surface area (Å²) in [5, 5.41) is 3.27. The summed E-state index contributed by atoms with van der Waals surface area (Å²) in [7, 11) is 0. The first-order valence-corrected chi connectivity index (χ1v) is 7.20. The highest BCUT2D eigenvalue weighted by Crippen LogP contribution is 2.31. The quantitative estimate of drug-likeness (QED) is 0.786. The largest absolute Gasteiger partial charge is 0.417 e. The molecule has 0 saturated heterocycles. The molecule has 1 aromatic heterocycles. The van der Waals surface area contributed by atoms with Gasteiger partial charge in [-0.3, -0.25) is 4.98 Å². The molecule has 0 saturated carbocycles. The summed E-state index contributed by atoms with van der Waals surface area (Å²) in [5.74, 6) is 0. The van der Waals surface area contributed by atoms with E-state index in [1.165, 1.54) is 0 Å². The molecule has 2 rings (SSSR count). The predicted molar refractivity (Wildman–Crippen MR) is 84.2 cm³/mol. The number of rotatable bonds is 3. The number of thiocarbonyl (C=S) groups is 1. The van der Waals surface area contributed by atoms with E-state index < -0.39 is 11.7 Å². The number of nitrogens with zero attached hydrogens (tertiary/aromatic N) is 1. The molecule has 2 aromatic rings. The zero-order valence-corrected chi connectivity index (χ0v) is 13.2. The first-order valence-electron chi connectivity index (χ1n) is 6.03. The minimum absolute atomic E-state index is 0.0794. The molecule has 1 N–H and O–H groups in total. The van der Waals surface area contributed by atoms with Crippen molar-refractivity contribution in [3.8, 4) is 0 Å². The molecule has 0 radical (unpaired) electrons. The molecule has 0 aliphatic heterocycles. The zero-order valence-electron chi connectivity index (χ0n) is 10.9. The minimum atomic E-state index is -4.48. The molecule has 2 nitrogen and oxygen atoms in total. The summed E-state index contributed by atoms with van der Waals surface area (Å²) in [5.41, 5.74) is 0.00111. The second kappa shape index (κ2) is 6.81. The topological polar surface area (TPSA) is 24.9 Å². The lowest BCUT2D eigenvalue weighted by molar-refractivity contribution is -0.137. The van der Waals surface area contributed by atoms with Crippen molar-refractivity contribution in [3.63, 3.8) is 0 Å². The van der Waals surface area contributed by atoms with E-state index in [2.05, 4.69) is 10.3 Å². The molecule has 0 spiro atoms. The maximum atomic E-state index is 12.5. The SMILES string of the molecule is FC(F)(F)c1cnc(CNC(=S)c2ccccc2Cl)c(Cl)c1. The molecule has 0 bridgehead atoms. The smallest absolute Gasteiger partial charge is 0.370 e. The Morgan fingerprint density at radius 2 is 1.86 bits per heavy atom. The summed E-state index contributed by atoms with van der Waals surface area (Å²) in [6, 6.07) is 7.80. The first-order chi connectivity index (χ1) is 10.3. The van der Waals surface area contributed by atoms with E-state index in [1.54, 1.807) is 24.3 Å². The van der Waals surface area contributed by atoms with Crippen LogP contribution in [-0.4, -0.2) is 9.97 Å². The van der Waals surface area contributed by atoms with Crippen LogP contribution in [0.4, 0.5) is 13.2 Å². The summed E-state index contributed by atoms with van der Waals surface area (Å²) in [6.07, 6.45) is -3.74. The van der Waals surface area contributed by atoms with Crippen LogP contribution in [0.15, 0.2) is 36.5 Å². The van der Waals surface area contributed by atoms with Crippen LogP contribution in [0.25, 0.3) is 0 Å². The Morgan fingerprint density at radius 1 is 1.18 bits per heavy atom. The fourth-order valence-electron chi connectivity index (χ4n) is 1.66. The van der Waals surface area contributed by atoms with Crippen molar-refractivity contribution >= 4 is 40.4 Å². The molecular formula is C14H9Cl2F3N2S. The molecule has 8 heteroatoms. The number of alkyl halides is 3. The van der Waals surface area contributed by atoms with Gasteiger partial charge >= 0.3 is 6.18 Å². The first kappa shape index (κ1) is 17.0. The van der Waals surface area contributed by atoms with Crippen molar-refractivity contribution in [1.82, 2.24) is 10.3 Å². The summed E-state index contributed by atoms with van der Waals surface area (Å²) in [4.78, 5) is 4.09. The van der Waals surface area contributed by atoms with Crippen LogP contribution in [0, 0.1) is 0 Å². The highest BCUT2D eigenvalue weighted by molar-refractivity contribution is 7.80. The third-order valence-electron chi connectivity index (χ3n) is 2.78. The maximum Gasteiger partial charge on any atom is 0.417 e. The van der Waals surface area contributed by atoms with Crippen molar-refractivity contribution in [2.45, 2.75) is 12.7 Å². The Kier molecular flexibility index (Phi) is 5.26. The van der Waals surface area contributed by atoms with Crippen LogP contribution in [0.2, 0.25) is 10.0 Å². The van der Waals surface area contributed by atoms with Gasteiger partial charge in [0.05, 0.1) is 27.8 Å². The average molecular weight is 365 g/mol. The number of aromatic nitrogens is 1. The number of nitrogens with one attached hydrogen (secondary N) is 1. The normalized spacial score (nSPS) is 11.3. The highest BCUT2D eigenvalue weighted by atomic mass is 35.5. The molecule has 1 aromatic carbocycles.